The molecule has 0 radical (unpaired) electrons. The molecule has 1 fully saturated rings. The number of carbonyl (C=O) groups is 1. The van der Waals surface area contributed by atoms with Crippen LogP contribution in [0.2, 0.25) is 0 Å². The number of nitrogens with zero attached hydrogens (tertiary/aromatic N) is 3. The molecule has 0 aliphatic heterocycles. The smallest absolute Gasteiger partial charge is 0.350 e. The highest BCUT2D eigenvalue weighted by atomic mass is 19.1. The molecule has 0 bridgehead atoms. The van der Waals surface area contributed by atoms with Gasteiger partial charge in [-0.15, -0.1) is 5.10 Å². The maximum atomic E-state index is 15.8. The Hall–Kier alpha value is -3.50. The first-order valence-corrected chi connectivity index (χ1v) is 14.8. The SMILES string of the molecule is CCOC(C)OC(C)c1nn(-c2cc(OC(C)C3CCCCC3)c(C(=O)Nc3ccc(C)cc3C)cc2F)c(=O)n1C. The molecular formula is C32H43FN4O5. The van der Waals surface area contributed by atoms with Crippen molar-refractivity contribution in [2.45, 2.75) is 92.1 Å². The molecule has 42 heavy (non-hydrogen) atoms. The van der Waals surface area contributed by atoms with Gasteiger partial charge in [-0.05, 0) is 78.0 Å². The van der Waals surface area contributed by atoms with E-state index in [0.717, 1.165) is 47.6 Å². The van der Waals surface area contributed by atoms with Gasteiger partial charge in [0, 0.05) is 25.4 Å². The Morgan fingerprint density at radius 2 is 1.83 bits per heavy atom. The molecule has 3 aromatic rings. The van der Waals surface area contributed by atoms with Crippen LogP contribution in [0.5, 0.6) is 5.75 Å². The Bertz CT molecular complexity index is 1460. The molecule has 3 atom stereocenters. The van der Waals surface area contributed by atoms with Crippen molar-refractivity contribution >= 4 is 11.6 Å². The quantitative estimate of drug-likeness (QED) is 0.263. The van der Waals surface area contributed by atoms with E-state index < -0.39 is 29.8 Å². The molecule has 0 spiro atoms. The second-order valence-corrected chi connectivity index (χ2v) is 11.2. The van der Waals surface area contributed by atoms with Crippen LogP contribution in [-0.2, 0) is 16.5 Å². The maximum absolute atomic E-state index is 15.8. The number of hydrogen-bond donors (Lipinski definition) is 1. The molecule has 4 rings (SSSR count). The van der Waals surface area contributed by atoms with E-state index in [2.05, 4.69) is 10.4 Å². The fourth-order valence-electron chi connectivity index (χ4n) is 5.61. The second kappa shape index (κ2) is 13.6. The van der Waals surface area contributed by atoms with E-state index in [1.54, 1.807) is 20.9 Å². The molecule has 1 N–H and O–H groups in total. The monoisotopic (exact) mass is 582 g/mol. The summed E-state index contributed by atoms with van der Waals surface area (Å²) in [5.74, 6) is -0.460. The van der Waals surface area contributed by atoms with E-state index in [4.69, 9.17) is 14.2 Å². The fourth-order valence-corrected chi connectivity index (χ4v) is 5.61. The van der Waals surface area contributed by atoms with Gasteiger partial charge >= 0.3 is 5.69 Å². The molecule has 10 heteroatoms. The van der Waals surface area contributed by atoms with E-state index in [-0.39, 0.29) is 23.1 Å². The third-order valence-electron chi connectivity index (χ3n) is 7.95. The molecule has 1 aromatic heterocycles. The van der Waals surface area contributed by atoms with Gasteiger partial charge in [-0.1, -0.05) is 37.0 Å². The van der Waals surface area contributed by atoms with Crippen LogP contribution in [0.1, 0.15) is 93.2 Å². The standard InChI is InChI=1S/C32H43FN4O5/c1-8-40-23(6)41-22(5)30-35-37(32(39)36(30)7)28-18-29(42-21(4)24-12-10-9-11-13-24)25(17-26(28)33)31(38)34-27-15-14-19(2)16-20(27)3/h14-18,21-24H,8-13H2,1-7H3,(H,34,38). The highest BCUT2D eigenvalue weighted by molar-refractivity contribution is 6.06. The first-order valence-electron chi connectivity index (χ1n) is 14.8. The van der Waals surface area contributed by atoms with Gasteiger partial charge in [-0.2, -0.15) is 4.68 Å². The lowest BCUT2D eigenvalue weighted by Gasteiger charge is -2.29. The molecule has 3 unspecified atom stereocenters. The van der Waals surface area contributed by atoms with Gasteiger partial charge in [0.15, 0.2) is 12.1 Å². The summed E-state index contributed by atoms with van der Waals surface area (Å²) in [7, 11) is 1.55. The third-order valence-corrected chi connectivity index (χ3v) is 7.95. The highest BCUT2D eigenvalue weighted by Gasteiger charge is 2.27. The van der Waals surface area contributed by atoms with E-state index in [1.807, 2.05) is 45.9 Å². The van der Waals surface area contributed by atoms with Crippen LogP contribution in [-0.4, -0.2) is 39.3 Å². The van der Waals surface area contributed by atoms with Crippen LogP contribution in [0.3, 0.4) is 0 Å². The average molecular weight is 583 g/mol. The molecule has 1 saturated carbocycles. The number of halogens is 1. The van der Waals surface area contributed by atoms with Crippen molar-refractivity contribution in [3.63, 3.8) is 0 Å². The Labute approximate surface area is 247 Å². The Morgan fingerprint density at radius 1 is 1.12 bits per heavy atom. The highest BCUT2D eigenvalue weighted by Crippen LogP contribution is 2.33. The molecule has 1 heterocycles. The molecule has 1 aliphatic rings. The van der Waals surface area contributed by atoms with Crippen molar-refractivity contribution < 1.29 is 23.4 Å². The summed E-state index contributed by atoms with van der Waals surface area (Å²) in [6, 6.07) is 8.21. The number of hydrogen-bond acceptors (Lipinski definition) is 6. The van der Waals surface area contributed by atoms with Crippen molar-refractivity contribution in [1.82, 2.24) is 14.3 Å². The van der Waals surface area contributed by atoms with E-state index >= 15 is 4.39 Å². The summed E-state index contributed by atoms with van der Waals surface area (Å²) in [6.07, 6.45) is 4.19. The van der Waals surface area contributed by atoms with Gasteiger partial charge in [0.25, 0.3) is 5.91 Å². The number of carbonyl (C=O) groups excluding carboxylic acids is 1. The average Bonchev–Trinajstić information content (AvgIpc) is 3.25. The summed E-state index contributed by atoms with van der Waals surface area (Å²) in [5, 5.41) is 7.32. The zero-order chi connectivity index (χ0) is 30.6. The predicted octanol–water partition coefficient (Wildman–Crippen LogP) is 6.39. The molecule has 2 aromatic carbocycles. The first kappa shape index (κ1) is 31.4. The first-order chi connectivity index (χ1) is 20.0. The largest absolute Gasteiger partial charge is 0.490 e. The van der Waals surface area contributed by atoms with Gasteiger partial charge < -0.3 is 19.5 Å². The Balaban J connectivity index is 1.73. The van der Waals surface area contributed by atoms with Crippen molar-refractivity contribution in [3.8, 4) is 11.4 Å². The number of amides is 1. The number of anilines is 1. The number of nitrogens with one attached hydrogen (secondary N) is 1. The minimum Gasteiger partial charge on any atom is -0.490 e. The molecule has 1 amide bonds. The van der Waals surface area contributed by atoms with Crippen molar-refractivity contribution in [3.05, 3.63) is 69.1 Å². The zero-order valence-corrected chi connectivity index (χ0v) is 25.7. The molecule has 9 nitrogen and oxygen atoms in total. The topological polar surface area (TPSA) is 96.6 Å². The summed E-state index contributed by atoms with van der Waals surface area (Å²) in [4.78, 5) is 26.8. The van der Waals surface area contributed by atoms with Crippen LogP contribution in [0, 0.1) is 25.6 Å². The lowest BCUT2D eigenvalue weighted by Crippen LogP contribution is -2.28. The van der Waals surface area contributed by atoms with Gasteiger partial charge in [0.1, 0.15) is 23.4 Å². The summed E-state index contributed by atoms with van der Waals surface area (Å²) in [5.41, 5.74) is 1.97. The van der Waals surface area contributed by atoms with Gasteiger partial charge in [-0.25, -0.2) is 9.18 Å². The van der Waals surface area contributed by atoms with Gasteiger partial charge in [0.2, 0.25) is 0 Å². The number of rotatable bonds is 11. The summed E-state index contributed by atoms with van der Waals surface area (Å²) in [6.45, 7) is 11.7. The van der Waals surface area contributed by atoms with Gasteiger partial charge in [-0.3, -0.25) is 9.36 Å². The normalized spacial score (nSPS) is 16.2. The van der Waals surface area contributed by atoms with Gasteiger partial charge in [0.05, 0.1) is 11.7 Å². The second-order valence-electron chi connectivity index (χ2n) is 11.2. The van der Waals surface area contributed by atoms with Crippen LogP contribution in [0.25, 0.3) is 5.69 Å². The summed E-state index contributed by atoms with van der Waals surface area (Å²) < 4.78 is 35.8. The predicted molar refractivity (Wildman–Crippen MR) is 160 cm³/mol. The minimum absolute atomic E-state index is 0.0466. The number of aromatic nitrogens is 3. The fraction of sp³-hybridized carbons (Fsp3) is 0.531. The maximum Gasteiger partial charge on any atom is 0.350 e. The van der Waals surface area contributed by atoms with E-state index in [9.17, 15) is 9.59 Å². The Kier molecular flexibility index (Phi) is 10.2. The van der Waals surface area contributed by atoms with Crippen LogP contribution in [0.15, 0.2) is 35.1 Å². The van der Waals surface area contributed by atoms with E-state index in [1.165, 1.54) is 17.1 Å². The molecule has 228 valence electrons. The van der Waals surface area contributed by atoms with E-state index in [0.29, 0.717) is 24.0 Å². The Morgan fingerprint density at radius 3 is 2.50 bits per heavy atom. The lowest BCUT2D eigenvalue weighted by atomic mass is 9.86. The molecule has 0 saturated heterocycles. The van der Waals surface area contributed by atoms with Crippen LogP contribution < -0.4 is 15.7 Å². The zero-order valence-electron chi connectivity index (χ0n) is 25.7. The lowest BCUT2D eigenvalue weighted by molar-refractivity contribution is -0.156. The molecular weight excluding hydrogens is 539 g/mol. The third kappa shape index (κ3) is 7.10. The molecule has 1 aliphatic carbocycles. The minimum atomic E-state index is -0.776. The van der Waals surface area contributed by atoms with Crippen molar-refractivity contribution in [2.75, 3.05) is 11.9 Å². The number of benzene rings is 2. The van der Waals surface area contributed by atoms with Crippen LogP contribution in [0.4, 0.5) is 10.1 Å². The number of aryl methyl sites for hydroxylation is 2. The number of ether oxygens (including phenoxy) is 3. The van der Waals surface area contributed by atoms with Crippen molar-refractivity contribution in [1.29, 1.82) is 0 Å². The van der Waals surface area contributed by atoms with Crippen molar-refractivity contribution in [2.24, 2.45) is 13.0 Å². The summed E-state index contributed by atoms with van der Waals surface area (Å²) >= 11 is 0. The van der Waals surface area contributed by atoms with Crippen LogP contribution >= 0.6 is 0 Å².